The highest BCUT2D eigenvalue weighted by atomic mass is 35.5. The van der Waals surface area contributed by atoms with Crippen molar-refractivity contribution in [2.75, 3.05) is 18.4 Å². The van der Waals surface area contributed by atoms with Gasteiger partial charge in [-0.05, 0) is 31.6 Å². The number of carbonyl (C=O) groups is 1. The van der Waals surface area contributed by atoms with Crippen LogP contribution >= 0.6 is 11.6 Å². The molecule has 0 radical (unpaired) electrons. The number of fused-ring (bicyclic) bond motifs is 1. The fourth-order valence-corrected chi connectivity index (χ4v) is 3.64. The summed E-state index contributed by atoms with van der Waals surface area (Å²) in [5, 5.41) is 29.7. The minimum atomic E-state index is -0.843. The lowest BCUT2D eigenvalue weighted by Crippen LogP contribution is -2.29. The molecule has 1 aliphatic carbocycles. The van der Waals surface area contributed by atoms with Gasteiger partial charge in [-0.2, -0.15) is 5.26 Å². The van der Waals surface area contributed by atoms with Crippen LogP contribution in [0.3, 0.4) is 0 Å². The van der Waals surface area contributed by atoms with Crippen molar-refractivity contribution < 1.29 is 9.90 Å². The number of nitriles is 1. The van der Waals surface area contributed by atoms with Crippen molar-refractivity contribution in [3.63, 3.8) is 0 Å². The Bertz CT molecular complexity index is 645. The summed E-state index contributed by atoms with van der Waals surface area (Å²) in [6.45, 7) is 2.93. The van der Waals surface area contributed by atoms with E-state index in [0.29, 0.717) is 41.9 Å². The Morgan fingerprint density at radius 1 is 1.41 bits per heavy atom. The molecule has 1 saturated carbocycles. The number of hydrogen-bond donors (Lipinski definition) is 2. The molecule has 2 aliphatic rings. The van der Waals surface area contributed by atoms with Crippen molar-refractivity contribution in [1.29, 1.82) is 5.26 Å². The lowest BCUT2D eigenvalue weighted by Gasteiger charge is -2.18. The third-order valence-corrected chi connectivity index (χ3v) is 4.99. The van der Waals surface area contributed by atoms with Crippen LogP contribution in [-0.2, 0) is 0 Å². The molecular weight excluding hydrogens is 306 g/mol. The maximum absolute atomic E-state index is 11.0. The normalized spacial score (nSPS) is 26.6. The summed E-state index contributed by atoms with van der Waals surface area (Å²) < 4.78 is 0. The van der Waals surface area contributed by atoms with E-state index in [1.807, 2.05) is 0 Å². The third kappa shape index (κ3) is 2.55. The third-order valence-electron chi connectivity index (χ3n) is 4.63. The van der Waals surface area contributed by atoms with Gasteiger partial charge < -0.3 is 15.3 Å². The van der Waals surface area contributed by atoms with E-state index in [0.717, 1.165) is 12.8 Å². The average molecular weight is 322 g/mol. The lowest BCUT2D eigenvalue weighted by atomic mass is 10.0. The van der Waals surface area contributed by atoms with Crippen LogP contribution in [0.4, 0.5) is 10.6 Å². The topological polar surface area (TPSA) is 102 Å². The number of nitrogens with zero attached hydrogens (tertiary/aromatic N) is 4. The van der Waals surface area contributed by atoms with E-state index < -0.39 is 6.09 Å². The van der Waals surface area contributed by atoms with Crippen molar-refractivity contribution in [3.05, 3.63) is 16.3 Å². The van der Waals surface area contributed by atoms with Gasteiger partial charge in [-0.3, -0.25) is 0 Å². The standard InChI is InChI=1S/C14H16ClN5O2/c1-7-11(4-16)13(19-18-12(7)15)17-10-2-8-5-20(14(21)22)6-9(8)3-10/h8-10H,2-3,5-6H2,1H3,(H,17,19)(H,21,22)/t8-,9+,10?. The molecule has 0 bridgehead atoms. The van der Waals surface area contributed by atoms with Crippen LogP contribution in [-0.4, -0.2) is 45.4 Å². The molecule has 116 valence electrons. The molecule has 2 N–H and O–H groups in total. The molecule has 1 aromatic rings. The Balaban J connectivity index is 1.69. The van der Waals surface area contributed by atoms with E-state index in [1.54, 1.807) is 6.92 Å². The first-order valence-corrected chi connectivity index (χ1v) is 7.54. The summed E-state index contributed by atoms with van der Waals surface area (Å²) >= 11 is 5.89. The van der Waals surface area contributed by atoms with Gasteiger partial charge in [0.05, 0.1) is 0 Å². The van der Waals surface area contributed by atoms with Crippen LogP contribution in [0.2, 0.25) is 5.15 Å². The molecule has 0 spiro atoms. The number of nitrogens with one attached hydrogen (secondary N) is 1. The minimum absolute atomic E-state index is 0.188. The quantitative estimate of drug-likeness (QED) is 0.865. The van der Waals surface area contributed by atoms with Crippen molar-refractivity contribution in [2.45, 2.75) is 25.8 Å². The Hall–Kier alpha value is -2.07. The van der Waals surface area contributed by atoms with Crippen LogP contribution in [0.15, 0.2) is 0 Å². The van der Waals surface area contributed by atoms with E-state index in [-0.39, 0.29) is 11.2 Å². The molecule has 0 aromatic carbocycles. The largest absolute Gasteiger partial charge is 0.465 e. The molecule has 2 heterocycles. The lowest BCUT2D eigenvalue weighted by molar-refractivity contribution is 0.152. The number of anilines is 1. The van der Waals surface area contributed by atoms with Gasteiger partial charge in [0.15, 0.2) is 11.0 Å². The summed E-state index contributed by atoms with van der Waals surface area (Å²) in [4.78, 5) is 12.5. The Kier molecular flexibility index (Phi) is 3.79. The highest BCUT2D eigenvalue weighted by Crippen LogP contribution is 2.39. The maximum Gasteiger partial charge on any atom is 0.407 e. The first-order valence-electron chi connectivity index (χ1n) is 7.17. The number of likely N-dealkylation sites (tertiary alicyclic amines) is 1. The summed E-state index contributed by atoms with van der Waals surface area (Å²) in [6, 6.07) is 2.30. The van der Waals surface area contributed by atoms with Gasteiger partial charge in [0.1, 0.15) is 11.6 Å². The van der Waals surface area contributed by atoms with Crippen molar-refractivity contribution >= 4 is 23.5 Å². The molecule has 1 amide bonds. The number of hydrogen-bond acceptors (Lipinski definition) is 5. The number of amides is 1. The molecule has 3 rings (SSSR count). The van der Waals surface area contributed by atoms with Crippen molar-refractivity contribution in [1.82, 2.24) is 15.1 Å². The van der Waals surface area contributed by atoms with Gasteiger partial charge in [-0.15, -0.1) is 10.2 Å². The number of rotatable bonds is 2. The van der Waals surface area contributed by atoms with E-state index in [1.165, 1.54) is 4.90 Å². The molecular formula is C14H16ClN5O2. The van der Waals surface area contributed by atoms with Gasteiger partial charge in [0.2, 0.25) is 0 Å². The fraction of sp³-hybridized carbons (Fsp3) is 0.571. The second kappa shape index (κ2) is 5.61. The summed E-state index contributed by atoms with van der Waals surface area (Å²) in [7, 11) is 0. The molecule has 2 fully saturated rings. The van der Waals surface area contributed by atoms with Gasteiger partial charge in [-0.1, -0.05) is 11.6 Å². The van der Waals surface area contributed by atoms with E-state index in [4.69, 9.17) is 16.7 Å². The number of aromatic nitrogens is 2. The molecule has 1 unspecified atom stereocenters. The van der Waals surface area contributed by atoms with Crippen LogP contribution in [0.25, 0.3) is 0 Å². The zero-order chi connectivity index (χ0) is 15.9. The summed E-state index contributed by atoms with van der Waals surface area (Å²) in [6.07, 6.45) is 0.913. The average Bonchev–Trinajstić information content (AvgIpc) is 3.01. The maximum atomic E-state index is 11.0. The Morgan fingerprint density at radius 2 is 2.05 bits per heavy atom. The van der Waals surface area contributed by atoms with Crippen LogP contribution < -0.4 is 5.32 Å². The molecule has 3 atom stereocenters. The van der Waals surface area contributed by atoms with E-state index in [2.05, 4.69) is 21.6 Å². The van der Waals surface area contributed by atoms with Crippen LogP contribution in [0.5, 0.6) is 0 Å². The van der Waals surface area contributed by atoms with Gasteiger partial charge in [0, 0.05) is 24.7 Å². The highest BCUT2D eigenvalue weighted by molar-refractivity contribution is 6.30. The SMILES string of the molecule is Cc1c(Cl)nnc(NC2C[C@@H]3CN(C(=O)O)C[C@@H]3C2)c1C#N. The summed E-state index contributed by atoms with van der Waals surface area (Å²) in [5.41, 5.74) is 1.04. The molecule has 7 nitrogen and oxygen atoms in total. The molecule has 1 aromatic heterocycles. The zero-order valence-corrected chi connectivity index (χ0v) is 12.8. The van der Waals surface area contributed by atoms with Crippen LogP contribution in [0, 0.1) is 30.1 Å². The van der Waals surface area contributed by atoms with Crippen LogP contribution in [0.1, 0.15) is 24.0 Å². The second-order valence-corrected chi connectivity index (χ2v) is 6.33. The molecule has 1 aliphatic heterocycles. The zero-order valence-electron chi connectivity index (χ0n) is 12.1. The predicted molar refractivity (Wildman–Crippen MR) is 79.7 cm³/mol. The fourth-order valence-electron chi connectivity index (χ4n) is 3.50. The van der Waals surface area contributed by atoms with E-state index in [9.17, 15) is 10.1 Å². The van der Waals surface area contributed by atoms with Gasteiger partial charge in [0.25, 0.3) is 0 Å². The molecule has 22 heavy (non-hydrogen) atoms. The van der Waals surface area contributed by atoms with Gasteiger partial charge >= 0.3 is 6.09 Å². The molecule has 1 saturated heterocycles. The minimum Gasteiger partial charge on any atom is -0.465 e. The number of carboxylic acid groups (broad SMARTS) is 1. The van der Waals surface area contributed by atoms with Crippen molar-refractivity contribution in [2.24, 2.45) is 11.8 Å². The number of halogens is 1. The monoisotopic (exact) mass is 321 g/mol. The van der Waals surface area contributed by atoms with E-state index >= 15 is 0 Å². The Morgan fingerprint density at radius 3 is 2.59 bits per heavy atom. The Labute approximate surface area is 132 Å². The first-order chi connectivity index (χ1) is 10.5. The summed E-state index contributed by atoms with van der Waals surface area (Å²) in [5.74, 6) is 1.21. The first kappa shape index (κ1) is 14.9. The molecule has 8 heteroatoms. The predicted octanol–water partition coefficient (Wildman–Crippen LogP) is 2.11. The highest BCUT2D eigenvalue weighted by Gasteiger charge is 2.42. The van der Waals surface area contributed by atoms with Crippen molar-refractivity contribution in [3.8, 4) is 6.07 Å². The second-order valence-electron chi connectivity index (χ2n) is 5.97. The smallest absolute Gasteiger partial charge is 0.407 e. The van der Waals surface area contributed by atoms with Gasteiger partial charge in [-0.25, -0.2) is 4.79 Å².